The summed E-state index contributed by atoms with van der Waals surface area (Å²) in [5.74, 6) is 0. The molecule has 0 fully saturated rings. The van der Waals surface area contributed by atoms with Crippen LogP contribution in [0.2, 0.25) is 0 Å². The Kier molecular flexibility index (Phi) is 15.7. The summed E-state index contributed by atoms with van der Waals surface area (Å²) in [6, 6.07) is 17.4. The minimum absolute atomic E-state index is 1.22. The lowest BCUT2D eigenvalue weighted by molar-refractivity contribution is -2.00. The molecule has 0 atom stereocenters. The topological polar surface area (TPSA) is 190 Å². The van der Waals surface area contributed by atoms with Gasteiger partial charge in [-0.1, -0.05) is 71.4 Å². The first-order chi connectivity index (χ1) is 16.8. The monoisotopic (exact) mass is 576 g/mol. The molecule has 0 aliphatic carbocycles. The molecular weight excluding hydrogens is 547 g/mol. The van der Waals surface area contributed by atoms with E-state index in [0.29, 0.717) is 0 Å². The molecule has 0 radical (unpaired) electrons. The van der Waals surface area contributed by atoms with Crippen LogP contribution in [0.5, 0.6) is 0 Å². The van der Waals surface area contributed by atoms with Gasteiger partial charge in [0, 0.05) is 22.0 Å². The summed E-state index contributed by atoms with van der Waals surface area (Å²) in [5, 5.41) is 0. The van der Waals surface area contributed by atoms with E-state index in [-0.39, 0.29) is 0 Å². The van der Waals surface area contributed by atoms with Crippen molar-refractivity contribution in [1.29, 1.82) is 0 Å². The van der Waals surface area contributed by atoms with Crippen molar-refractivity contribution in [2.24, 2.45) is 0 Å². The molecule has 37 heavy (non-hydrogen) atoms. The maximum absolute atomic E-state index is 8.49. The zero-order valence-corrected chi connectivity index (χ0v) is 23.6. The van der Waals surface area contributed by atoms with Gasteiger partial charge in [-0.25, -0.2) is 46.4 Å². The molecule has 0 spiro atoms. The van der Waals surface area contributed by atoms with Gasteiger partial charge in [-0.2, -0.15) is 0 Å². The predicted octanol–water partition coefficient (Wildman–Crippen LogP) is -4.41. The van der Waals surface area contributed by atoms with E-state index in [4.69, 9.17) is 37.3 Å². The van der Waals surface area contributed by atoms with Gasteiger partial charge >= 0.3 is 0 Å². The average molecular weight is 577 g/mol. The molecule has 0 amide bonds. The summed E-state index contributed by atoms with van der Waals surface area (Å²) in [6.07, 6.45) is 8.58. The van der Waals surface area contributed by atoms with E-state index in [1.165, 1.54) is 32.1 Å². The lowest BCUT2D eigenvalue weighted by Gasteiger charge is -2.17. The highest BCUT2D eigenvalue weighted by atomic mass is 35.7. The number of benzene rings is 2. The summed E-state index contributed by atoms with van der Waals surface area (Å²) < 4.78 is 72.1. The molecular formula is C24H30Cl2N2O8S. The Morgan fingerprint density at radius 3 is 1.03 bits per heavy atom. The number of allylic oxidation sites excluding steroid dienone is 2. The van der Waals surface area contributed by atoms with Crippen molar-refractivity contribution in [1.82, 2.24) is 0 Å². The molecule has 2 rings (SSSR count). The quantitative estimate of drug-likeness (QED) is 0.241. The molecule has 13 heteroatoms. The van der Waals surface area contributed by atoms with Crippen LogP contribution in [0.1, 0.15) is 22.3 Å². The van der Waals surface area contributed by atoms with Gasteiger partial charge in [0.15, 0.2) is 12.4 Å². The molecule has 0 aliphatic heterocycles. The van der Waals surface area contributed by atoms with Crippen molar-refractivity contribution in [3.63, 3.8) is 0 Å². The fourth-order valence-electron chi connectivity index (χ4n) is 2.37. The van der Waals surface area contributed by atoms with Crippen LogP contribution in [-0.4, -0.2) is 49.8 Å². The molecule has 0 bridgehead atoms. The van der Waals surface area contributed by atoms with E-state index < -0.39 is 20.5 Å². The molecule has 0 aromatic heterocycles. The van der Waals surface area contributed by atoms with Crippen LogP contribution >= 0.6 is 11.8 Å². The van der Waals surface area contributed by atoms with Crippen molar-refractivity contribution in [2.45, 2.75) is 13.8 Å². The van der Waals surface area contributed by atoms with Gasteiger partial charge < -0.3 is 0 Å². The van der Waals surface area contributed by atoms with Crippen LogP contribution in [0.15, 0.2) is 60.7 Å². The maximum Gasteiger partial charge on any atom is 0.164 e. The number of halogens is 2. The standard InChI is InChI=1S/C24H30N2S.2ClHO4/c1-19-7-11-21(12-8-19)23(15-17-25(3)4)27-24(16-18-26(5)6)22-13-9-20(2)10-14-22;2*2-1(3,4)5/h7-18H,1-6H3;2*(H,2,3,4,5)/q+2;;/p-2/b23-15+,24-16+;;. The fraction of sp³-hybridized carbons (Fsp3) is 0.250. The molecule has 0 heterocycles. The van der Waals surface area contributed by atoms with E-state index >= 15 is 0 Å². The molecule has 2 aromatic carbocycles. The van der Waals surface area contributed by atoms with Crippen LogP contribution < -0.4 is 37.3 Å². The lowest BCUT2D eigenvalue weighted by atomic mass is 10.1. The number of nitrogens with zero attached hydrogens (tertiary/aromatic N) is 2. The molecule has 0 saturated carbocycles. The summed E-state index contributed by atoms with van der Waals surface area (Å²) in [4.78, 5) is 2.45. The zero-order chi connectivity index (χ0) is 28.8. The Morgan fingerprint density at radius 1 is 0.568 bits per heavy atom. The van der Waals surface area contributed by atoms with E-state index in [2.05, 4.69) is 96.1 Å². The van der Waals surface area contributed by atoms with Crippen LogP contribution in [0.25, 0.3) is 9.81 Å². The highest BCUT2D eigenvalue weighted by molar-refractivity contribution is 8.16. The van der Waals surface area contributed by atoms with E-state index in [0.717, 1.165) is 0 Å². The van der Waals surface area contributed by atoms with Crippen LogP contribution in [0, 0.1) is 34.3 Å². The molecule has 2 aromatic rings. The number of rotatable bonds is 6. The first kappa shape index (κ1) is 34.9. The largest absolute Gasteiger partial charge is 0.241 e. The van der Waals surface area contributed by atoms with E-state index in [1.54, 1.807) is 11.8 Å². The van der Waals surface area contributed by atoms with Crippen LogP contribution in [0.4, 0.5) is 0 Å². The number of hydrogen-bond donors (Lipinski definition) is 0. The summed E-state index contributed by atoms with van der Waals surface area (Å²) in [7, 11) is -1.70. The third kappa shape index (κ3) is 21.6. The van der Waals surface area contributed by atoms with E-state index in [9.17, 15) is 0 Å². The van der Waals surface area contributed by atoms with Gasteiger partial charge in [-0.3, -0.25) is 0 Å². The van der Waals surface area contributed by atoms with Gasteiger partial charge in [0.25, 0.3) is 0 Å². The first-order valence-corrected chi connectivity index (χ1v) is 13.6. The SMILES string of the molecule is Cc1ccc(/C(=C\C=[N+](C)C)S/C(=C/C=[N+](C)C)c2ccc(C)cc2)cc1.[O-][Cl+3]([O-])([O-])[O-].[O-][Cl+3]([O-])([O-])[O-]. The second kappa shape index (κ2) is 16.7. The highest BCUT2D eigenvalue weighted by Crippen LogP contribution is 2.38. The second-order valence-corrected chi connectivity index (χ2v) is 10.5. The predicted molar refractivity (Wildman–Crippen MR) is 122 cm³/mol. The number of thioether (sulfide) groups is 1. The third-order valence-electron chi connectivity index (χ3n) is 3.94. The van der Waals surface area contributed by atoms with Gasteiger partial charge in [0.2, 0.25) is 0 Å². The summed E-state index contributed by atoms with van der Waals surface area (Å²) in [5.41, 5.74) is 5.00. The molecule has 0 unspecified atom stereocenters. The maximum atomic E-state index is 8.49. The van der Waals surface area contributed by atoms with Crippen LogP contribution in [-0.2, 0) is 0 Å². The Bertz CT molecular complexity index is 982. The Labute approximate surface area is 225 Å². The van der Waals surface area contributed by atoms with Gasteiger partial charge in [-0.05, 0) is 25.0 Å². The smallest absolute Gasteiger partial charge is 0.164 e. The first-order valence-electron chi connectivity index (χ1n) is 10.3. The number of aryl methyl sites for hydroxylation is 2. The zero-order valence-electron chi connectivity index (χ0n) is 21.3. The minimum atomic E-state index is -4.94. The summed E-state index contributed by atoms with van der Waals surface area (Å²) in [6.45, 7) is 4.24. The van der Waals surface area contributed by atoms with Crippen LogP contribution in [0.3, 0.4) is 0 Å². The minimum Gasteiger partial charge on any atom is -0.241 e. The average Bonchev–Trinajstić information content (AvgIpc) is 2.72. The molecule has 0 saturated heterocycles. The third-order valence-corrected chi connectivity index (χ3v) is 5.12. The number of hydrogen-bond acceptors (Lipinski definition) is 9. The van der Waals surface area contributed by atoms with Crippen molar-refractivity contribution in [3.8, 4) is 0 Å². The Hall–Kier alpha value is -2.13. The second-order valence-electron chi connectivity index (χ2n) is 7.88. The van der Waals surface area contributed by atoms with Gasteiger partial charge in [0.1, 0.15) is 28.2 Å². The summed E-state index contributed by atoms with van der Waals surface area (Å²) >= 11 is 1.80. The van der Waals surface area contributed by atoms with Gasteiger partial charge in [0.05, 0.1) is 0 Å². The molecule has 0 N–H and O–H groups in total. The van der Waals surface area contributed by atoms with Crippen molar-refractivity contribution < 1.29 is 66.9 Å². The highest BCUT2D eigenvalue weighted by Gasteiger charge is 2.10. The van der Waals surface area contributed by atoms with E-state index in [1.807, 2.05) is 28.2 Å². The molecule has 204 valence electrons. The van der Waals surface area contributed by atoms with Gasteiger partial charge in [-0.15, -0.1) is 20.5 Å². The fourth-order valence-corrected chi connectivity index (χ4v) is 3.37. The Balaban J connectivity index is 0.00000110. The lowest BCUT2D eigenvalue weighted by Crippen LogP contribution is -2.68. The van der Waals surface area contributed by atoms with Crippen molar-refractivity contribution >= 4 is 34.0 Å². The normalized spacial score (nSPS) is 11.9. The molecule has 10 nitrogen and oxygen atoms in total. The Morgan fingerprint density at radius 2 is 0.811 bits per heavy atom. The van der Waals surface area contributed by atoms with Crippen molar-refractivity contribution in [3.05, 3.63) is 82.9 Å². The van der Waals surface area contributed by atoms with Crippen molar-refractivity contribution in [2.75, 3.05) is 28.2 Å². The molecule has 0 aliphatic rings.